The zero-order valence-electron chi connectivity index (χ0n) is 6.85. The quantitative estimate of drug-likeness (QED) is 0.630. The normalized spacial score (nSPS) is 12.5. The largest absolute Gasteiger partial charge is 0.317 e. The molecule has 2 nitrogen and oxygen atoms in total. The van der Waals surface area contributed by atoms with Crippen LogP contribution in [0.3, 0.4) is 0 Å². The fourth-order valence-electron chi connectivity index (χ4n) is 1.02. The number of nitriles is 1. The van der Waals surface area contributed by atoms with Gasteiger partial charge in [0, 0.05) is 12.5 Å². The maximum absolute atomic E-state index is 8.30. The van der Waals surface area contributed by atoms with Gasteiger partial charge in [0.1, 0.15) is 0 Å². The van der Waals surface area contributed by atoms with Crippen LogP contribution in [0.25, 0.3) is 0 Å². The molecule has 1 N–H and O–H groups in total. The summed E-state index contributed by atoms with van der Waals surface area (Å²) >= 11 is 0. The maximum atomic E-state index is 8.30. The Morgan fingerprint density at radius 1 is 1.50 bits per heavy atom. The number of hydrogen-bond donors (Lipinski definition) is 1. The number of nitrogens with zero attached hydrogens (tertiary/aromatic N) is 1. The molecule has 0 radical (unpaired) electrons. The van der Waals surface area contributed by atoms with Crippen molar-refractivity contribution in [3.05, 3.63) is 0 Å². The molecule has 1 atom stereocenters. The molecule has 0 aliphatic heterocycles. The van der Waals surface area contributed by atoms with E-state index in [1.54, 1.807) is 0 Å². The van der Waals surface area contributed by atoms with Crippen LogP contribution in [0.1, 0.15) is 32.6 Å². The molecule has 0 saturated heterocycles. The summed E-state index contributed by atoms with van der Waals surface area (Å²) in [7, 11) is 1.96. The third kappa shape index (κ3) is 4.34. The van der Waals surface area contributed by atoms with Crippen molar-refractivity contribution in [2.75, 3.05) is 7.05 Å². The molecule has 0 aliphatic carbocycles. The van der Waals surface area contributed by atoms with Gasteiger partial charge in [-0.05, 0) is 19.9 Å². The standard InChI is InChI=1S/C8H16N2/c1-3-5-8(10-2)6-4-7-9/h8,10H,3-6H2,1-2H3. The molecule has 0 bridgehead atoms. The van der Waals surface area contributed by atoms with Crippen molar-refractivity contribution in [3.8, 4) is 6.07 Å². The third-order valence-corrected chi connectivity index (χ3v) is 1.65. The first-order valence-corrected chi connectivity index (χ1v) is 3.89. The van der Waals surface area contributed by atoms with Crippen LogP contribution < -0.4 is 5.32 Å². The molecule has 0 aromatic carbocycles. The lowest BCUT2D eigenvalue weighted by Crippen LogP contribution is -2.24. The molecule has 0 rings (SSSR count). The van der Waals surface area contributed by atoms with Crippen molar-refractivity contribution in [2.24, 2.45) is 0 Å². The van der Waals surface area contributed by atoms with Crippen LogP contribution in [0.4, 0.5) is 0 Å². The first kappa shape index (κ1) is 9.45. The van der Waals surface area contributed by atoms with Crippen molar-refractivity contribution >= 4 is 0 Å². The Bertz CT molecular complexity index is 104. The van der Waals surface area contributed by atoms with E-state index >= 15 is 0 Å². The summed E-state index contributed by atoms with van der Waals surface area (Å²) in [5.74, 6) is 0. The van der Waals surface area contributed by atoms with E-state index in [0.29, 0.717) is 12.5 Å². The molecule has 0 aromatic heterocycles. The molecule has 0 aromatic rings. The molecule has 0 saturated carbocycles. The van der Waals surface area contributed by atoms with Crippen LogP contribution in [-0.2, 0) is 0 Å². The second-order valence-electron chi connectivity index (χ2n) is 2.47. The molecule has 0 heterocycles. The van der Waals surface area contributed by atoms with Crippen LogP contribution in [0.2, 0.25) is 0 Å². The zero-order valence-corrected chi connectivity index (χ0v) is 6.85. The third-order valence-electron chi connectivity index (χ3n) is 1.65. The van der Waals surface area contributed by atoms with Gasteiger partial charge >= 0.3 is 0 Å². The van der Waals surface area contributed by atoms with E-state index < -0.39 is 0 Å². The molecule has 58 valence electrons. The van der Waals surface area contributed by atoms with Gasteiger partial charge in [0.15, 0.2) is 0 Å². The Morgan fingerprint density at radius 2 is 2.20 bits per heavy atom. The van der Waals surface area contributed by atoms with E-state index in [0.717, 1.165) is 6.42 Å². The molecule has 0 aliphatic rings. The Hall–Kier alpha value is -0.550. The van der Waals surface area contributed by atoms with Gasteiger partial charge in [-0.25, -0.2) is 0 Å². The first-order valence-electron chi connectivity index (χ1n) is 3.89. The van der Waals surface area contributed by atoms with E-state index in [4.69, 9.17) is 5.26 Å². The summed E-state index contributed by atoms with van der Waals surface area (Å²) in [6.07, 6.45) is 4.03. The van der Waals surface area contributed by atoms with Crippen molar-refractivity contribution < 1.29 is 0 Å². The van der Waals surface area contributed by atoms with Gasteiger partial charge in [-0.15, -0.1) is 0 Å². The summed E-state index contributed by atoms with van der Waals surface area (Å²) < 4.78 is 0. The van der Waals surface area contributed by atoms with Gasteiger partial charge in [0.25, 0.3) is 0 Å². The van der Waals surface area contributed by atoms with E-state index in [2.05, 4.69) is 18.3 Å². The average Bonchev–Trinajstić information content (AvgIpc) is 1.98. The van der Waals surface area contributed by atoms with E-state index in [1.165, 1.54) is 12.8 Å². The highest BCUT2D eigenvalue weighted by molar-refractivity contribution is 4.74. The highest BCUT2D eigenvalue weighted by atomic mass is 14.9. The second kappa shape index (κ2) is 6.57. The molecule has 1 unspecified atom stereocenters. The van der Waals surface area contributed by atoms with Crippen LogP contribution in [0.5, 0.6) is 0 Å². The van der Waals surface area contributed by atoms with Crippen molar-refractivity contribution in [1.29, 1.82) is 5.26 Å². The van der Waals surface area contributed by atoms with E-state index in [1.807, 2.05) is 7.05 Å². The first-order chi connectivity index (χ1) is 4.85. The minimum Gasteiger partial charge on any atom is -0.317 e. The molecule has 2 heteroatoms. The van der Waals surface area contributed by atoms with Crippen molar-refractivity contribution in [1.82, 2.24) is 5.32 Å². The SMILES string of the molecule is CCCC(CCC#N)NC. The lowest BCUT2D eigenvalue weighted by atomic mass is 10.1. The van der Waals surface area contributed by atoms with Gasteiger partial charge in [-0.1, -0.05) is 13.3 Å². The summed E-state index contributed by atoms with van der Waals surface area (Å²) in [5.41, 5.74) is 0. The van der Waals surface area contributed by atoms with Gasteiger partial charge in [0.05, 0.1) is 6.07 Å². The monoisotopic (exact) mass is 140 g/mol. The van der Waals surface area contributed by atoms with Crippen molar-refractivity contribution in [2.45, 2.75) is 38.6 Å². The summed E-state index contributed by atoms with van der Waals surface area (Å²) in [6.45, 7) is 2.16. The number of nitrogens with one attached hydrogen (secondary N) is 1. The van der Waals surface area contributed by atoms with Gasteiger partial charge < -0.3 is 5.32 Å². The molecule has 0 spiro atoms. The topological polar surface area (TPSA) is 35.8 Å². The van der Waals surface area contributed by atoms with Crippen LogP contribution in [0.15, 0.2) is 0 Å². The van der Waals surface area contributed by atoms with Crippen LogP contribution in [-0.4, -0.2) is 13.1 Å². The molecule has 0 fully saturated rings. The predicted molar refractivity (Wildman–Crippen MR) is 42.6 cm³/mol. The van der Waals surface area contributed by atoms with Crippen LogP contribution >= 0.6 is 0 Å². The van der Waals surface area contributed by atoms with E-state index in [9.17, 15) is 0 Å². The summed E-state index contributed by atoms with van der Waals surface area (Å²) in [6, 6.07) is 2.70. The Morgan fingerprint density at radius 3 is 2.60 bits per heavy atom. The van der Waals surface area contributed by atoms with Crippen LogP contribution in [0, 0.1) is 11.3 Å². The van der Waals surface area contributed by atoms with E-state index in [-0.39, 0.29) is 0 Å². The lowest BCUT2D eigenvalue weighted by Gasteiger charge is -2.11. The minimum absolute atomic E-state index is 0.546. The second-order valence-corrected chi connectivity index (χ2v) is 2.47. The average molecular weight is 140 g/mol. The maximum Gasteiger partial charge on any atom is 0.0622 e. The summed E-state index contributed by atoms with van der Waals surface area (Å²) in [5, 5.41) is 11.5. The minimum atomic E-state index is 0.546. The molecule has 10 heavy (non-hydrogen) atoms. The molecular weight excluding hydrogens is 124 g/mol. The van der Waals surface area contributed by atoms with Crippen molar-refractivity contribution in [3.63, 3.8) is 0 Å². The van der Waals surface area contributed by atoms with Gasteiger partial charge in [-0.2, -0.15) is 5.26 Å². The molecule has 0 amide bonds. The highest BCUT2D eigenvalue weighted by Crippen LogP contribution is 2.02. The Kier molecular flexibility index (Phi) is 6.21. The molecular formula is C8H16N2. The van der Waals surface area contributed by atoms with Gasteiger partial charge in [-0.3, -0.25) is 0 Å². The fourth-order valence-corrected chi connectivity index (χ4v) is 1.02. The number of hydrogen-bond acceptors (Lipinski definition) is 2. The smallest absolute Gasteiger partial charge is 0.0622 e. The van der Waals surface area contributed by atoms with Gasteiger partial charge in [0.2, 0.25) is 0 Å². The lowest BCUT2D eigenvalue weighted by molar-refractivity contribution is 0.489. The fraction of sp³-hybridized carbons (Fsp3) is 0.875. The predicted octanol–water partition coefficient (Wildman–Crippen LogP) is 1.68. The zero-order chi connectivity index (χ0) is 7.82. The summed E-state index contributed by atoms with van der Waals surface area (Å²) in [4.78, 5) is 0. The Balaban J connectivity index is 3.32. The number of rotatable bonds is 5. The highest BCUT2D eigenvalue weighted by Gasteiger charge is 2.02. The Labute approximate surface area is 63.2 Å².